The summed E-state index contributed by atoms with van der Waals surface area (Å²) >= 11 is 0. The second-order valence-electron chi connectivity index (χ2n) is 11.9. The highest BCUT2D eigenvalue weighted by Crippen LogP contribution is 2.48. The van der Waals surface area contributed by atoms with Crippen LogP contribution in [0.5, 0.6) is 0 Å². The fraction of sp³-hybridized carbons (Fsp3) is 1.00. The van der Waals surface area contributed by atoms with Crippen LogP contribution in [0, 0.1) is 10.8 Å². The Morgan fingerprint density at radius 1 is 0.675 bits per heavy atom. The lowest BCUT2D eigenvalue weighted by atomic mass is 9.57. The van der Waals surface area contributed by atoms with Gasteiger partial charge in [-0.1, -0.05) is 136 Å². The Morgan fingerprint density at radius 3 is 1.35 bits per heavy atom. The highest BCUT2D eigenvalue weighted by Gasteiger charge is 2.56. The minimum atomic E-state index is -3.00. The Bertz CT molecular complexity index is 564. The summed E-state index contributed by atoms with van der Waals surface area (Å²) in [5.74, 6) is 0. The number of unbranched alkanes of at least 4 members (excludes halogenated alkanes) is 16. The third kappa shape index (κ3) is 15.2. The molecule has 0 saturated heterocycles. The van der Waals surface area contributed by atoms with Gasteiger partial charge < -0.3 is 29.4 Å². The van der Waals surface area contributed by atoms with Crippen LogP contribution in [-0.4, -0.2) is 72.1 Å². The molecule has 0 heterocycles. The summed E-state index contributed by atoms with van der Waals surface area (Å²) in [7, 11) is -2.78. The van der Waals surface area contributed by atoms with Crippen molar-refractivity contribution in [2.24, 2.45) is 10.8 Å². The molecule has 8 nitrogen and oxygen atoms in total. The molecule has 10 heteroatoms. The van der Waals surface area contributed by atoms with Crippen molar-refractivity contribution in [3.8, 4) is 0 Å². The van der Waals surface area contributed by atoms with Gasteiger partial charge in [0.25, 0.3) is 0 Å². The highest BCUT2D eigenvalue weighted by molar-refractivity contribution is 6.26. The third-order valence-corrected chi connectivity index (χ3v) is 10.1. The van der Waals surface area contributed by atoms with Crippen LogP contribution in [0.25, 0.3) is 0 Å². The fourth-order valence-corrected chi connectivity index (χ4v) is 6.74. The van der Waals surface area contributed by atoms with Crippen molar-refractivity contribution in [3.63, 3.8) is 0 Å². The number of rotatable bonds is 30. The number of aliphatic hydroxyl groups excluding tert-OH is 4. The molecule has 40 heavy (non-hydrogen) atoms. The molecule has 0 fully saturated rings. The van der Waals surface area contributed by atoms with E-state index in [2.05, 4.69) is 23.0 Å². The van der Waals surface area contributed by atoms with Crippen LogP contribution in [0.1, 0.15) is 149 Å². The number of hydrogen-bond acceptors (Lipinski definition) is 8. The minimum Gasteiger partial charge on any atom is -0.494 e. The van der Waals surface area contributed by atoms with Crippen molar-refractivity contribution in [1.82, 2.24) is 0 Å². The quantitative estimate of drug-likeness (QED) is 0.0380. The molecule has 0 amide bonds. The van der Waals surface area contributed by atoms with Gasteiger partial charge in [0, 0.05) is 5.41 Å². The first-order chi connectivity index (χ1) is 19.3. The highest BCUT2D eigenvalue weighted by atomic mass is 28.3. The average molecular weight is 609 g/mol. The van der Waals surface area contributed by atoms with Crippen LogP contribution in [0.3, 0.4) is 0 Å². The first-order valence-electron chi connectivity index (χ1n) is 16.2. The molecule has 0 aliphatic heterocycles. The lowest BCUT2D eigenvalue weighted by molar-refractivity contribution is -0.195. The van der Waals surface area contributed by atoms with Crippen molar-refractivity contribution in [1.29, 1.82) is 0 Å². The zero-order valence-corrected chi connectivity index (χ0v) is 29.3. The Hall–Kier alpha value is -0.366. The van der Waals surface area contributed by atoms with Crippen LogP contribution >= 0.6 is 0 Å². The lowest BCUT2D eigenvalue weighted by Crippen LogP contribution is -2.61. The van der Waals surface area contributed by atoms with Crippen molar-refractivity contribution < 1.29 is 38.5 Å². The summed E-state index contributed by atoms with van der Waals surface area (Å²) < 4.78 is 26.6. The maximum atomic E-state index is 12.0. The summed E-state index contributed by atoms with van der Waals surface area (Å²) in [4.78, 5) is 0. The second kappa shape index (κ2) is 25.2. The predicted molar refractivity (Wildman–Crippen MR) is 165 cm³/mol. The van der Waals surface area contributed by atoms with Crippen molar-refractivity contribution in [2.75, 3.05) is 19.8 Å². The monoisotopic (exact) mass is 608 g/mol. The van der Waals surface area contributed by atoms with E-state index in [1.807, 2.05) is 0 Å². The van der Waals surface area contributed by atoms with E-state index in [9.17, 15) is 24.9 Å². The molecule has 0 bridgehead atoms. The summed E-state index contributed by atoms with van der Waals surface area (Å²) in [5, 5.41) is 44.0. The maximum Gasteiger partial charge on any atom is 0.800 e. The van der Waals surface area contributed by atoms with Crippen LogP contribution in [-0.2, 0) is 18.0 Å². The van der Waals surface area contributed by atoms with E-state index >= 15 is 0 Å². The first-order valence-corrected chi connectivity index (χ1v) is 18.3. The summed E-state index contributed by atoms with van der Waals surface area (Å²) in [6.07, 6.45) is 19.7. The Balaban J connectivity index is 5.19. The smallest absolute Gasteiger partial charge is 0.494 e. The van der Waals surface area contributed by atoms with E-state index < -0.39 is 45.4 Å². The van der Waals surface area contributed by atoms with Crippen LogP contribution in [0.2, 0.25) is 0 Å². The maximum absolute atomic E-state index is 12.0. The molecule has 240 valence electrons. The molecule has 0 aromatic carbocycles. The summed E-state index contributed by atoms with van der Waals surface area (Å²) in [5.41, 5.74) is -2.69. The molecule has 2 unspecified atom stereocenters. The fourth-order valence-electron chi connectivity index (χ4n) is 5.75. The van der Waals surface area contributed by atoms with E-state index in [0.717, 1.165) is 38.5 Å². The van der Waals surface area contributed by atoms with Gasteiger partial charge in [-0.2, -0.15) is 0 Å². The van der Waals surface area contributed by atoms with Gasteiger partial charge in [-0.3, -0.25) is 9.04 Å². The van der Waals surface area contributed by atoms with Crippen molar-refractivity contribution in [3.05, 3.63) is 0 Å². The van der Waals surface area contributed by atoms with E-state index in [1.165, 1.54) is 77.0 Å². The molecule has 0 radical (unpaired) electrons. The Kier molecular flexibility index (Phi) is 24.9. The summed E-state index contributed by atoms with van der Waals surface area (Å²) in [6, 6.07) is 0. The van der Waals surface area contributed by atoms with E-state index in [-0.39, 0.29) is 17.1 Å². The predicted octanol–water partition coefficient (Wildman–Crippen LogP) is 5.19. The molecule has 2 atom stereocenters. The van der Waals surface area contributed by atoms with Crippen LogP contribution in [0.15, 0.2) is 0 Å². The normalized spacial score (nSPS) is 15.1. The molecule has 0 spiro atoms. The molecular weight excluding hydrogens is 544 g/mol. The van der Waals surface area contributed by atoms with Gasteiger partial charge in [0.05, 0.1) is 37.4 Å². The minimum absolute atomic E-state index is 0.217. The van der Waals surface area contributed by atoms with Gasteiger partial charge in [-0.25, -0.2) is 0 Å². The zero-order chi connectivity index (χ0) is 30.1. The van der Waals surface area contributed by atoms with Crippen molar-refractivity contribution in [2.45, 2.75) is 161 Å². The summed E-state index contributed by atoms with van der Waals surface area (Å²) in [6.45, 7) is 4.75. The Morgan fingerprint density at radius 2 is 1.02 bits per heavy atom. The Labute approximate surface area is 250 Å². The van der Waals surface area contributed by atoms with E-state index in [0.29, 0.717) is 12.8 Å². The SMILES string of the molecule is CCCCCCCCCCCC(O)C(C)(C(O)CCCCCCCCCCC)C(CO)(CO)CO[Si](=O)OO[SiH3]. The van der Waals surface area contributed by atoms with Gasteiger partial charge in [-0.15, -0.1) is 0 Å². The molecule has 0 aromatic rings. The van der Waals surface area contributed by atoms with Gasteiger partial charge >= 0.3 is 9.17 Å². The molecule has 0 rings (SSSR count). The molecule has 0 aliphatic carbocycles. The number of aliphatic hydroxyl groups is 4. The molecular formula is C30H64O8Si2. The molecule has 0 aliphatic rings. The van der Waals surface area contributed by atoms with Gasteiger partial charge in [-0.05, 0) is 12.8 Å². The molecule has 4 N–H and O–H groups in total. The topological polar surface area (TPSA) is 126 Å². The van der Waals surface area contributed by atoms with Crippen LogP contribution < -0.4 is 0 Å². The van der Waals surface area contributed by atoms with Gasteiger partial charge in [0.15, 0.2) is 0 Å². The lowest BCUT2D eigenvalue weighted by Gasteiger charge is -2.51. The van der Waals surface area contributed by atoms with Gasteiger partial charge in [0.2, 0.25) is 10.5 Å². The van der Waals surface area contributed by atoms with E-state index in [1.54, 1.807) is 6.92 Å². The van der Waals surface area contributed by atoms with Crippen molar-refractivity contribution >= 4 is 19.7 Å². The second-order valence-corrected chi connectivity index (χ2v) is 13.2. The molecule has 0 aromatic heterocycles. The first kappa shape index (κ1) is 39.6. The zero-order valence-electron chi connectivity index (χ0n) is 26.3. The molecule has 0 saturated carbocycles. The van der Waals surface area contributed by atoms with E-state index in [4.69, 9.17) is 4.43 Å². The van der Waals surface area contributed by atoms with Gasteiger partial charge in [0.1, 0.15) is 0 Å². The van der Waals surface area contributed by atoms with Crippen LogP contribution in [0.4, 0.5) is 0 Å². The number of hydrogen-bond donors (Lipinski definition) is 4. The standard InChI is InChI=1S/C30H64O8Si2/c1-4-6-8-10-12-14-16-18-20-22-27(33)29(3,30(24-31,25-32)26-36-40(35)38-37-39)28(34)23-21-19-17-15-13-11-9-7-5-2/h27-28,31-34H,4-26H2,1-3,39H3. The average Bonchev–Trinajstić information content (AvgIpc) is 2.95. The third-order valence-electron chi connectivity index (χ3n) is 8.91. The largest absolute Gasteiger partial charge is 0.800 e.